The smallest absolute Gasteiger partial charge is 0.164 e. The number of rotatable bonds is 6. The summed E-state index contributed by atoms with van der Waals surface area (Å²) in [4.78, 5) is 13.3. The third-order valence-electron chi connectivity index (χ3n) is 5.79. The number of carbonyl (C=O) groups excluding carboxylic acids is 1. The molecule has 7 nitrogen and oxygen atoms in total. The van der Waals surface area contributed by atoms with Crippen molar-refractivity contribution in [3.05, 3.63) is 46.9 Å². The monoisotopic (exact) mass is 404 g/mol. The van der Waals surface area contributed by atoms with Crippen LogP contribution in [0.25, 0.3) is 0 Å². The molecule has 1 aliphatic heterocycles. The van der Waals surface area contributed by atoms with Crippen molar-refractivity contribution < 1.29 is 34.3 Å². The lowest BCUT2D eigenvalue weighted by Gasteiger charge is -2.31. The first kappa shape index (κ1) is 21.2. The molecular weight excluding hydrogens is 376 g/mol. The summed E-state index contributed by atoms with van der Waals surface area (Å²) in [6, 6.07) is 4.86. The fourth-order valence-corrected chi connectivity index (χ4v) is 4.10. The van der Waals surface area contributed by atoms with Crippen LogP contribution in [-0.4, -0.2) is 48.5 Å². The molecule has 0 unspecified atom stereocenters. The molecule has 1 heterocycles. The lowest BCUT2D eigenvalue weighted by atomic mass is 9.74. The number of hydrogen-bond acceptors (Lipinski definition) is 7. The van der Waals surface area contributed by atoms with E-state index in [2.05, 4.69) is 0 Å². The molecule has 0 saturated carbocycles. The van der Waals surface area contributed by atoms with Crippen LogP contribution in [0.4, 0.5) is 0 Å². The molecule has 158 valence electrons. The van der Waals surface area contributed by atoms with Gasteiger partial charge in [0.05, 0.1) is 32.8 Å². The average molecular weight is 404 g/mol. The molecule has 0 spiro atoms. The number of benzene rings is 1. The molecule has 0 radical (unpaired) electrons. The van der Waals surface area contributed by atoms with Crippen molar-refractivity contribution in [1.82, 2.24) is 0 Å². The van der Waals surface area contributed by atoms with E-state index in [-0.39, 0.29) is 36.3 Å². The van der Waals surface area contributed by atoms with Crippen molar-refractivity contribution in [2.45, 2.75) is 26.4 Å². The number of Topliss-reactive ketones (excluding diaryl/α,β-unsaturated/α-hetero) is 1. The summed E-state index contributed by atoms with van der Waals surface area (Å²) in [6.45, 7) is 3.65. The molecule has 3 rings (SSSR count). The first-order valence-corrected chi connectivity index (χ1v) is 9.55. The van der Waals surface area contributed by atoms with Crippen LogP contribution in [0.15, 0.2) is 41.4 Å². The molecule has 7 heteroatoms. The minimum Gasteiger partial charge on any atom is -0.508 e. The van der Waals surface area contributed by atoms with E-state index in [1.165, 1.54) is 20.3 Å². The maximum atomic E-state index is 13.3. The highest BCUT2D eigenvalue weighted by Crippen LogP contribution is 2.45. The Labute approximate surface area is 170 Å². The van der Waals surface area contributed by atoms with Crippen LogP contribution in [0.2, 0.25) is 0 Å². The van der Waals surface area contributed by atoms with Crippen molar-refractivity contribution in [1.29, 1.82) is 0 Å². The molecule has 1 fully saturated rings. The Hall–Kier alpha value is -2.51. The average Bonchev–Trinajstić information content (AvgIpc) is 3.13. The maximum Gasteiger partial charge on any atom is 0.164 e. The van der Waals surface area contributed by atoms with Crippen molar-refractivity contribution in [2.75, 3.05) is 27.4 Å². The number of aliphatic hydroxyl groups is 2. The molecular formula is C22H28O7. The van der Waals surface area contributed by atoms with Gasteiger partial charge in [0, 0.05) is 23.5 Å². The zero-order valence-corrected chi connectivity index (χ0v) is 17.1. The second-order valence-corrected chi connectivity index (χ2v) is 8.15. The van der Waals surface area contributed by atoms with E-state index in [4.69, 9.17) is 14.2 Å². The van der Waals surface area contributed by atoms with Crippen molar-refractivity contribution in [3.63, 3.8) is 0 Å². The van der Waals surface area contributed by atoms with Crippen LogP contribution < -0.4 is 4.74 Å². The highest BCUT2D eigenvalue weighted by molar-refractivity contribution is 5.98. The van der Waals surface area contributed by atoms with Crippen LogP contribution >= 0.6 is 0 Å². The Morgan fingerprint density at radius 3 is 2.59 bits per heavy atom. The van der Waals surface area contributed by atoms with Crippen LogP contribution in [0.5, 0.6) is 11.5 Å². The predicted octanol–water partition coefficient (Wildman–Crippen LogP) is 3.04. The van der Waals surface area contributed by atoms with Gasteiger partial charge in [0.25, 0.3) is 0 Å². The van der Waals surface area contributed by atoms with Gasteiger partial charge < -0.3 is 29.5 Å². The molecule has 2 aliphatic rings. The van der Waals surface area contributed by atoms with Crippen molar-refractivity contribution in [3.8, 4) is 11.5 Å². The number of ether oxygens (including phenoxy) is 3. The summed E-state index contributed by atoms with van der Waals surface area (Å²) in [7, 11) is 2.91. The van der Waals surface area contributed by atoms with E-state index in [1.807, 2.05) is 13.8 Å². The topological polar surface area (TPSA) is 105 Å². The number of phenolic OH excluding ortho intramolecular Hbond substituents is 1. The van der Waals surface area contributed by atoms with Gasteiger partial charge in [0.1, 0.15) is 5.76 Å². The number of allylic oxidation sites excluding steroid dienone is 3. The predicted molar refractivity (Wildman–Crippen MR) is 106 cm³/mol. The first-order valence-electron chi connectivity index (χ1n) is 9.55. The van der Waals surface area contributed by atoms with Gasteiger partial charge in [-0.3, -0.25) is 4.79 Å². The van der Waals surface area contributed by atoms with Crippen LogP contribution in [0, 0.1) is 17.3 Å². The minimum atomic E-state index is -0.622. The van der Waals surface area contributed by atoms with Crippen molar-refractivity contribution >= 4 is 5.78 Å². The van der Waals surface area contributed by atoms with Gasteiger partial charge in [-0.2, -0.15) is 0 Å². The number of hydrogen-bond donors (Lipinski definition) is 3. The van der Waals surface area contributed by atoms with E-state index in [1.54, 1.807) is 18.2 Å². The standard InChI is InChI=1S/C22H28O7/c1-22(2)9-13(8-18(28-4)21(22)26)19(25)15-11-29-20(14(15)10-23)12-5-6-16(24)17(7-12)27-3/h5-8,14-15,20,23-24,26H,9-11H2,1-4H3/t14-,15-,20+/m0/s1. The van der Waals surface area contributed by atoms with Crippen molar-refractivity contribution in [2.24, 2.45) is 17.3 Å². The Morgan fingerprint density at radius 2 is 1.97 bits per heavy atom. The zero-order valence-electron chi connectivity index (χ0n) is 17.1. The second kappa shape index (κ2) is 8.08. The van der Waals surface area contributed by atoms with E-state index in [0.717, 1.165) is 5.56 Å². The molecule has 29 heavy (non-hydrogen) atoms. The third-order valence-corrected chi connectivity index (χ3v) is 5.79. The highest BCUT2D eigenvalue weighted by Gasteiger charge is 2.44. The molecule has 3 N–H and O–H groups in total. The Morgan fingerprint density at radius 1 is 1.24 bits per heavy atom. The summed E-state index contributed by atoms with van der Waals surface area (Å²) < 4.78 is 16.3. The van der Waals surface area contributed by atoms with Gasteiger partial charge in [0.15, 0.2) is 23.0 Å². The summed E-state index contributed by atoms with van der Waals surface area (Å²) in [5.74, 6) is -0.366. The molecule has 1 aromatic rings. The Balaban J connectivity index is 1.88. The maximum absolute atomic E-state index is 13.3. The van der Waals surface area contributed by atoms with Gasteiger partial charge >= 0.3 is 0 Å². The lowest BCUT2D eigenvalue weighted by Crippen LogP contribution is -2.31. The summed E-state index contributed by atoms with van der Waals surface area (Å²) >= 11 is 0. The second-order valence-electron chi connectivity index (χ2n) is 8.15. The minimum absolute atomic E-state index is 0.00991. The third kappa shape index (κ3) is 3.84. The molecule has 0 aromatic heterocycles. The molecule has 1 aromatic carbocycles. The Kier molecular flexibility index (Phi) is 5.91. The number of aliphatic hydroxyl groups excluding tert-OH is 2. The normalized spacial score (nSPS) is 26.2. The number of aromatic hydroxyl groups is 1. The summed E-state index contributed by atoms with van der Waals surface area (Å²) in [5, 5.41) is 30.2. The lowest BCUT2D eigenvalue weighted by molar-refractivity contribution is -0.121. The van der Waals surface area contributed by atoms with Gasteiger partial charge in [0.2, 0.25) is 0 Å². The van der Waals surface area contributed by atoms with E-state index in [9.17, 15) is 20.1 Å². The largest absolute Gasteiger partial charge is 0.508 e. The summed E-state index contributed by atoms with van der Waals surface area (Å²) in [5.41, 5.74) is 0.644. The fraction of sp³-hybridized carbons (Fsp3) is 0.500. The molecule has 1 saturated heterocycles. The fourth-order valence-electron chi connectivity index (χ4n) is 4.10. The summed E-state index contributed by atoms with van der Waals surface area (Å²) in [6.07, 6.45) is 1.46. The van der Waals surface area contributed by atoms with Crippen LogP contribution in [-0.2, 0) is 14.3 Å². The highest BCUT2D eigenvalue weighted by atomic mass is 16.5. The van der Waals surface area contributed by atoms with Gasteiger partial charge in [-0.15, -0.1) is 0 Å². The van der Waals surface area contributed by atoms with Gasteiger partial charge in [-0.25, -0.2) is 0 Å². The molecule has 0 bridgehead atoms. The number of phenols is 1. The SMILES string of the molecule is COC1=C(O)C(C)(C)CC(C(=O)[C@H]2CO[C@H](c3ccc(O)c(OC)c3)[C@H]2CO)=C1. The van der Waals surface area contributed by atoms with E-state index in [0.29, 0.717) is 17.7 Å². The van der Waals surface area contributed by atoms with E-state index < -0.39 is 23.4 Å². The van der Waals surface area contributed by atoms with Gasteiger partial charge in [-0.1, -0.05) is 19.9 Å². The number of carbonyl (C=O) groups is 1. The van der Waals surface area contributed by atoms with Gasteiger partial charge in [-0.05, 0) is 30.2 Å². The number of methoxy groups -OCH3 is 2. The zero-order chi connectivity index (χ0) is 21.3. The van der Waals surface area contributed by atoms with Crippen LogP contribution in [0.1, 0.15) is 31.9 Å². The number of ketones is 1. The Bertz CT molecular complexity index is 853. The molecule has 1 aliphatic carbocycles. The van der Waals surface area contributed by atoms with Crippen LogP contribution in [0.3, 0.4) is 0 Å². The van der Waals surface area contributed by atoms with E-state index >= 15 is 0 Å². The molecule has 0 amide bonds. The quantitative estimate of drug-likeness (QED) is 0.669. The molecule has 3 atom stereocenters. The first-order chi connectivity index (χ1) is 13.7.